The summed E-state index contributed by atoms with van der Waals surface area (Å²) in [7, 11) is -4.42. The predicted molar refractivity (Wildman–Crippen MR) is 39.4 cm³/mol. The van der Waals surface area contributed by atoms with Crippen LogP contribution in [0.3, 0.4) is 0 Å². The normalized spacial score (nSPS) is 50.0. The van der Waals surface area contributed by atoms with Gasteiger partial charge in [-0.05, 0) is 0 Å². The number of hydrogen-bond donors (Lipinski definition) is 2. The second kappa shape index (κ2) is 1.60. The van der Waals surface area contributed by atoms with Crippen LogP contribution in [0.25, 0.3) is 0 Å². The largest absolute Gasteiger partial charge is 0.408 e. The molecule has 6 heteroatoms. The average Bonchev–Trinajstić information content (AvgIpc) is 2.24. The van der Waals surface area contributed by atoms with E-state index < -0.39 is 19.2 Å². The minimum atomic E-state index is -3.02. The van der Waals surface area contributed by atoms with Crippen LogP contribution < -0.4 is 0 Å². The van der Waals surface area contributed by atoms with Gasteiger partial charge in [-0.15, -0.1) is 0 Å². The molecule has 2 aliphatic heterocycles. The van der Waals surface area contributed by atoms with Crippen LogP contribution >= 0.6 is 10.6 Å². The Morgan fingerprint density at radius 3 is 1.90 bits per heavy atom. The second-order valence-electron chi connectivity index (χ2n) is 2.96. The smallest absolute Gasteiger partial charge is 0.402 e. The number of hydrogen-bond acceptors (Lipinski definition) is 4. The van der Waals surface area contributed by atoms with Gasteiger partial charge in [0.15, 0.2) is 11.5 Å². The first kappa shape index (κ1) is 7.08. The van der Waals surface area contributed by atoms with Crippen molar-refractivity contribution in [1.29, 1.82) is 0 Å². The van der Waals surface area contributed by atoms with Crippen LogP contribution in [0, 0.1) is 0 Å². The van der Waals surface area contributed by atoms with Crippen LogP contribution in [-0.4, -0.2) is 42.1 Å². The molecule has 0 spiro atoms. The maximum absolute atomic E-state index is 9.10. The monoisotopic (exact) mass is 182 g/mol. The highest BCUT2D eigenvalue weighted by molar-refractivity contribution is 8.25. The Balaban J connectivity index is 2.09. The summed E-state index contributed by atoms with van der Waals surface area (Å²) < 4.78 is 10.5. The van der Waals surface area contributed by atoms with E-state index in [-0.39, 0.29) is 11.5 Å². The Morgan fingerprint density at radius 1 is 1.20 bits per heavy atom. The van der Waals surface area contributed by atoms with Crippen LogP contribution in [0.15, 0.2) is 0 Å². The lowest BCUT2D eigenvalue weighted by Crippen LogP contribution is -2.28. The zero-order chi connectivity index (χ0) is 7.57. The van der Waals surface area contributed by atoms with Gasteiger partial charge in [0, 0.05) is 12.5 Å². The quantitative estimate of drug-likeness (QED) is 0.481. The van der Waals surface area contributed by atoms with Crippen molar-refractivity contribution >= 4 is 19.2 Å². The van der Waals surface area contributed by atoms with Crippen LogP contribution in [0.4, 0.5) is 0 Å². The molecule has 2 fully saturated rings. The minimum Gasteiger partial charge on any atom is -0.408 e. The Kier molecular flexibility index (Phi) is 1.13. The Hall–Kier alpha value is 0.407. The second-order valence-corrected chi connectivity index (χ2v) is 8.33. The van der Waals surface area contributed by atoms with E-state index in [9.17, 15) is 0 Å². The van der Waals surface area contributed by atoms with Gasteiger partial charge in [-0.2, -0.15) is 10.6 Å². The molecule has 2 aliphatic rings. The van der Waals surface area contributed by atoms with Crippen molar-refractivity contribution < 1.29 is 18.0 Å². The molecule has 0 bridgehead atoms. The van der Waals surface area contributed by atoms with E-state index in [4.69, 9.17) is 18.0 Å². The lowest BCUT2D eigenvalue weighted by atomic mass is 10.8. The SMILES string of the molecule is CS1(C)OC2C(O1)[Si]2(O)O. The summed E-state index contributed by atoms with van der Waals surface area (Å²) >= 11 is 0. The molecule has 0 radical (unpaired) electrons. The summed E-state index contributed by atoms with van der Waals surface area (Å²) in [4.78, 5) is 18.2. The molecule has 2 unspecified atom stereocenters. The van der Waals surface area contributed by atoms with Crippen molar-refractivity contribution in [2.24, 2.45) is 0 Å². The van der Waals surface area contributed by atoms with Crippen LogP contribution in [0.2, 0.25) is 0 Å². The summed E-state index contributed by atoms with van der Waals surface area (Å²) in [6.45, 7) is 0. The van der Waals surface area contributed by atoms with E-state index in [1.165, 1.54) is 0 Å². The van der Waals surface area contributed by atoms with Gasteiger partial charge in [0.25, 0.3) is 0 Å². The Bertz CT molecular complexity index is 164. The zero-order valence-electron chi connectivity index (χ0n) is 5.77. The maximum Gasteiger partial charge on any atom is 0.402 e. The molecule has 2 saturated heterocycles. The van der Waals surface area contributed by atoms with Gasteiger partial charge in [0.05, 0.1) is 0 Å². The van der Waals surface area contributed by atoms with Crippen LogP contribution in [0.1, 0.15) is 0 Å². The van der Waals surface area contributed by atoms with E-state index in [2.05, 4.69) is 0 Å². The summed E-state index contributed by atoms with van der Waals surface area (Å²) in [5.41, 5.74) is -0.727. The third-order valence-corrected chi connectivity index (χ3v) is 5.49. The highest BCUT2D eigenvalue weighted by atomic mass is 32.3. The van der Waals surface area contributed by atoms with E-state index in [0.717, 1.165) is 0 Å². The zero-order valence-corrected chi connectivity index (χ0v) is 7.59. The molecule has 0 amide bonds. The van der Waals surface area contributed by atoms with Gasteiger partial charge in [-0.1, -0.05) is 0 Å². The van der Waals surface area contributed by atoms with Gasteiger partial charge < -0.3 is 9.59 Å². The van der Waals surface area contributed by atoms with E-state index in [1.807, 2.05) is 12.5 Å². The molecule has 4 nitrogen and oxygen atoms in total. The number of fused-ring (bicyclic) bond motifs is 1. The lowest BCUT2D eigenvalue weighted by Gasteiger charge is -2.31. The van der Waals surface area contributed by atoms with Crippen molar-refractivity contribution in [3.05, 3.63) is 0 Å². The van der Waals surface area contributed by atoms with Crippen molar-refractivity contribution in [2.75, 3.05) is 12.5 Å². The molecular weight excluding hydrogens is 172 g/mol. The van der Waals surface area contributed by atoms with E-state index >= 15 is 0 Å². The molecule has 10 heavy (non-hydrogen) atoms. The molecule has 0 saturated carbocycles. The summed E-state index contributed by atoms with van der Waals surface area (Å²) in [5, 5.41) is 0. The van der Waals surface area contributed by atoms with Crippen molar-refractivity contribution in [2.45, 2.75) is 11.5 Å². The van der Waals surface area contributed by atoms with E-state index in [0.29, 0.717) is 0 Å². The molecule has 0 aliphatic carbocycles. The molecule has 2 heterocycles. The van der Waals surface area contributed by atoms with E-state index in [1.54, 1.807) is 0 Å². The lowest BCUT2D eigenvalue weighted by molar-refractivity contribution is 0.309. The molecule has 2 N–H and O–H groups in total. The molecule has 2 rings (SSSR count). The van der Waals surface area contributed by atoms with Gasteiger partial charge in [-0.25, -0.2) is 0 Å². The Morgan fingerprint density at radius 2 is 1.60 bits per heavy atom. The van der Waals surface area contributed by atoms with Crippen molar-refractivity contribution in [1.82, 2.24) is 0 Å². The fraction of sp³-hybridized carbons (Fsp3) is 1.00. The molecule has 0 aromatic carbocycles. The van der Waals surface area contributed by atoms with Crippen molar-refractivity contribution in [3.63, 3.8) is 0 Å². The third kappa shape index (κ3) is 0.774. The number of rotatable bonds is 0. The fourth-order valence-corrected chi connectivity index (χ4v) is 6.22. The topological polar surface area (TPSA) is 58.9 Å². The van der Waals surface area contributed by atoms with Gasteiger partial charge in [0.1, 0.15) is 0 Å². The van der Waals surface area contributed by atoms with Gasteiger partial charge in [0.2, 0.25) is 0 Å². The average molecular weight is 182 g/mol. The summed E-state index contributed by atoms with van der Waals surface area (Å²) in [5.74, 6) is 0. The highest BCUT2D eigenvalue weighted by Gasteiger charge is 2.77. The minimum absolute atomic E-state index is 0.363. The highest BCUT2D eigenvalue weighted by Crippen LogP contribution is 2.61. The molecule has 2 atom stereocenters. The summed E-state index contributed by atoms with van der Waals surface area (Å²) in [6, 6.07) is 0. The third-order valence-electron chi connectivity index (χ3n) is 1.67. The first-order valence-corrected chi connectivity index (χ1v) is 7.33. The first-order valence-electron chi connectivity index (χ1n) is 2.98. The summed E-state index contributed by atoms with van der Waals surface area (Å²) in [6.07, 6.45) is 3.70. The molecule has 60 valence electrons. The van der Waals surface area contributed by atoms with Crippen LogP contribution in [-0.2, 0) is 8.37 Å². The standard InChI is InChI=1S/C4H10O4SSi/c1-9(2)7-3-4(8-9)10(3,5)6/h3-6H,1-2H3. The Labute approximate surface area is 61.7 Å². The predicted octanol–water partition coefficient (Wildman–Crippen LogP) is -0.817. The fourth-order valence-electron chi connectivity index (χ4n) is 1.07. The van der Waals surface area contributed by atoms with Gasteiger partial charge in [-0.3, -0.25) is 8.37 Å². The molecule has 0 aromatic heterocycles. The molecular formula is C4H10O4SSi. The van der Waals surface area contributed by atoms with Crippen molar-refractivity contribution in [3.8, 4) is 0 Å². The molecule has 0 aromatic rings. The first-order chi connectivity index (χ1) is 4.43. The maximum atomic E-state index is 9.10. The van der Waals surface area contributed by atoms with Crippen LogP contribution in [0.5, 0.6) is 0 Å². The van der Waals surface area contributed by atoms with Gasteiger partial charge >= 0.3 is 8.56 Å².